The molecular formula is C29H24N2O5S. The number of amides is 1. The number of hydrogen-bond acceptors (Lipinski definition) is 7. The lowest BCUT2D eigenvalue weighted by atomic mass is 10.00. The predicted octanol–water partition coefficient (Wildman–Crippen LogP) is 4.53. The molecule has 0 spiro atoms. The molecule has 0 bridgehead atoms. The van der Waals surface area contributed by atoms with Crippen LogP contribution in [0.2, 0.25) is 0 Å². The molecule has 37 heavy (non-hydrogen) atoms. The first-order chi connectivity index (χ1) is 18.0. The molecule has 1 atom stereocenters. The van der Waals surface area contributed by atoms with Crippen molar-refractivity contribution in [1.82, 2.24) is 9.88 Å². The van der Waals surface area contributed by atoms with Crippen LogP contribution in [0, 0.1) is 0 Å². The lowest BCUT2D eigenvalue weighted by molar-refractivity contribution is -0.149. The molecule has 3 heterocycles. The van der Waals surface area contributed by atoms with Crippen molar-refractivity contribution >= 4 is 35.7 Å². The minimum Gasteiger partial charge on any atom is -0.461 e. The molecule has 5 rings (SSSR count). The number of fused-ring (bicyclic) bond motifs is 1. The number of β-lactam (4-membered cyclic amide) rings is 1. The summed E-state index contributed by atoms with van der Waals surface area (Å²) in [5.74, 6) is -1.00. The smallest absolute Gasteiger partial charge is 0.356 e. The molecule has 186 valence electrons. The molecule has 8 heteroatoms. The van der Waals surface area contributed by atoms with Crippen molar-refractivity contribution in [3.63, 3.8) is 0 Å². The van der Waals surface area contributed by atoms with Gasteiger partial charge in [-0.15, -0.1) is 11.8 Å². The summed E-state index contributed by atoms with van der Waals surface area (Å²) in [7, 11) is 0. The van der Waals surface area contributed by atoms with E-state index in [1.807, 2.05) is 72.8 Å². The SMILES string of the molecule is CC(=O)OCC1=C(C(=O)OC(c2ccccc2)c2ccccc2)N2C(=O)/C(=C/c3ccccn3)C2SC1. The Kier molecular flexibility index (Phi) is 7.18. The fourth-order valence-electron chi connectivity index (χ4n) is 4.27. The lowest BCUT2D eigenvalue weighted by Crippen LogP contribution is -2.56. The predicted molar refractivity (Wildman–Crippen MR) is 140 cm³/mol. The third kappa shape index (κ3) is 5.20. The monoisotopic (exact) mass is 512 g/mol. The second-order valence-electron chi connectivity index (χ2n) is 8.53. The van der Waals surface area contributed by atoms with E-state index in [0.29, 0.717) is 22.6 Å². The van der Waals surface area contributed by atoms with Gasteiger partial charge in [0.15, 0.2) is 6.10 Å². The number of esters is 2. The van der Waals surface area contributed by atoms with Crippen molar-refractivity contribution in [1.29, 1.82) is 0 Å². The number of ether oxygens (including phenoxy) is 2. The Morgan fingerprint density at radius 3 is 2.27 bits per heavy atom. The zero-order valence-electron chi connectivity index (χ0n) is 20.1. The van der Waals surface area contributed by atoms with Crippen LogP contribution in [0.4, 0.5) is 0 Å². The van der Waals surface area contributed by atoms with Crippen molar-refractivity contribution < 1.29 is 23.9 Å². The number of pyridine rings is 1. The van der Waals surface area contributed by atoms with E-state index in [1.54, 1.807) is 18.3 Å². The number of nitrogens with zero attached hydrogens (tertiary/aromatic N) is 2. The first kappa shape index (κ1) is 24.5. The van der Waals surface area contributed by atoms with Gasteiger partial charge in [0.1, 0.15) is 17.7 Å². The molecular weight excluding hydrogens is 488 g/mol. The van der Waals surface area contributed by atoms with Gasteiger partial charge in [0.25, 0.3) is 5.91 Å². The number of aromatic nitrogens is 1. The van der Waals surface area contributed by atoms with Gasteiger partial charge in [-0.05, 0) is 29.3 Å². The molecule has 0 aliphatic carbocycles. The number of benzene rings is 2. The van der Waals surface area contributed by atoms with Gasteiger partial charge in [0, 0.05) is 24.4 Å². The topological polar surface area (TPSA) is 85.8 Å². The van der Waals surface area contributed by atoms with Crippen LogP contribution in [0.15, 0.2) is 102 Å². The quantitative estimate of drug-likeness (QED) is 0.261. The fourth-order valence-corrected chi connectivity index (χ4v) is 5.55. The van der Waals surface area contributed by atoms with E-state index >= 15 is 0 Å². The van der Waals surface area contributed by atoms with E-state index in [2.05, 4.69) is 4.98 Å². The first-order valence-corrected chi connectivity index (χ1v) is 12.8. The van der Waals surface area contributed by atoms with Crippen LogP contribution in [-0.2, 0) is 23.9 Å². The van der Waals surface area contributed by atoms with E-state index in [4.69, 9.17) is 9.47 Å². The molecule has 1 fully saturated rings. The zero-order chi connectivity index (χ0) is 25.8. The molecule has 0 N–H and O–H groups in total. The molecule has 2 aromatic carbocycles. The maximum atomic E-state index is 13.8. The van der Waals surface area contributed by atoms with Gasteiger partial charge in [-0.3, -0.25) is 19.5 Å². The van der Waals surface area contributed by atoms with Crippen LogP contribution >= 0.6 is 11.8 Å². The fraction of sp³-hybridized carbons (Fsp3) is 0.172. The highest BCUT2D eigenvalue weighted by molar-refractivity contribution is 8.00. The molecule has 1 amide bonds. The van der Waals surface area contributed by atoms with Crippen molar-refractivity contribution in [2.75, 3.05) is 12.4 Å². The van der Waals surface area contributed by atoms with Crippen molar-refractivity contribution in [3.8, 4) is 0 Å². The first-order valence-electron chi connectivity index (χ1n) is 11.8. The Morgan fingerprint density at radius 2 is 1.68 bits per heavy atom. The standard InChI is InChI=1S/C29H24N2O5S/c1-19(32)35-17-22-18-37-28-24(16-23-14-8-9-15-30-23)27(33)31(28)25(22)29(34)36-26(20-10-4-2-5-11-20)21-12-6-3-7-13-21/h2-16,26,28H,17-18H2,1H3/b24-16-. The van der Waals surface area contributed by atoms with Crippen LogP contribution in [0.1, 0.15) is 29.8 Å². The van der Waals surface area contributed by atoms with Crippen LogP contribution in [-0.4, -0.2) is 45.5 Å². The van der Waals surface area contributed by atoms with Crippen molar-refractivity contribution in [3.05, 3.63) is 119 Å². The minimum atomic E-state index is -0.676. The van der Waals surface area contributed by atoms with E-state index in [-0.39, 0.29) is 23.6 Å². The lowest BCUT2D eigenvalue weighted by Gasteiger charge is -2.46. The van der Waals surface area contributed by atoms with Crippen LogP contribution in [0.25, 0.3) is 6.08 Å². The average Bonchev–Trinajstić information content (AvgIpc) is 2.94. The molecule has 0 radical (unpaired) electrons. The summed E-state index contributed by atoms with van der Waals surface area (Å²) >= 11 is 1.49. The highest BCUT2D eigenvalue weighted by Crippen LogP contribution is 2.45. The molecule has 2 aliphatic heterocycles. The summed E-state index contributed by atoms with van der Waals surface area (Å²) in [6, 6.07) is 24.3. The second-order valence-corrected chi connectivity index (χ2v) is 9.60. The maximum absolute atomic E-state index is 13.8. The molecule has 1 saturated heterocycles. The summed E-state index contributed by atoms with van der Waals surface area (Å²) in [6.45, 7) is 1.21. The Morgan fingerprint density at radius 1 is 1.03 bits per heavy atom. The van der Waals surface area contributed by atoms with E-state index in [9.17, 15) is 14.4 Å². The number of rotatable bonds is 7. The Bertz CT molecular complexity index is 1330. The summed E-state index contributed by atoms with van der Waals surface area (Å²) in [5.41, 5.74) is 3.49. The highest BCUT2D eigenvalue weighted by Gasteiger charge is 2.50. The van der Waals surface area contributed by atoms with E-state index in [1.165, 1.54) is 23.6 Å². The van der Waals surface area contributed by atoms with Gasteiger partial charge in [-0.25, -0.2) is 4.79 Å². The normalized spacial score (nSPS) is 17.9. The Labute approximate surface area is 218 Å². The second kappa shape index (κ2) is 10.8. The highest BCUT2D eigenvalue weighted by atomic mass is 32.2. The summed E-state index contributed by atoms with van der Waals surface area (Å²) in [5, 5.41) is -0.356. The van der Waals surface area contributed by atoms with Gasteiger partial charge in [-0.2, -0.15) is 0 Å². The number of carbonyl (C=O) groups excluding carboxylic acids is 3. The molecule has 1 unspecified atom stereocenters. The number of carbonyl (C=O) groups is 3. The summed E-state index contributed by atoms with van der Waals surface area (Å²) in [4.78, 5) is 44.3. The average molecular weight is 513 g/mol. The van der Waals surface area contributed by atoms with Crippen LogP contribution in [0.3, 0.4) is 0 Å². The van der Waals surface area contributed by atoms with E-state index in [0.717, 1.165) is 11.1 Å². The number of hydrogen-bond donors (Lipinski definition) is 0. The van der Waals surface area contributed by atoms with Gasteiger partial charge >= 0.3 is 11.9 Å². The van der Waals surface area contributed by atoms with Crippen molar-refractivity contribution in [2.24, 2.45) is 0 Å². The van der Waals surface area contributed by atoms with Gasteiger partial charge in [0.05, 0.1) is 11.3 Å². The van der Waals surface area contributed by atoms with Crippen molar-refractivity contribution in [2.45, 2.75) is 18.4 Å². The number of thioether (sulfide) groups is 1. The van der Waals surface area contributed by atoms with Crippen LogP contribution < -0.4 is 0 Å². The Balaban J connectivity index is 1.48. The molecule has 7 nitrogen and oxygen atoms in total. The maximum Gasteiger partial charge on any atom is 0.356 e. The molecule has 1 aromatic heterocycles. The molecule has 0 saturated carbocycles. The summed E-state index contributed by atoms with van der Waals surface area (Å²) in [6.07, 6.45) is 2.73. The summed E-state index contributed by atoms with van der Waals surface area (Å²) < 4.78 is 11.3. The largest absolute Gasteiger partial charge is 0.461 e. The van der Waals surface area contributed by atoms with Gasteiger partial charge in [0.2, 0.25) is 0 Å². The third-order valence-electron chi connectivity index (χ3n) is 6.02. The van der Waals surface area contributed by atoms with Gasteiger partial charge < -0.3 is 9.47 Å². The van der Waals surface area contributed by atoms with Crippen LogP contribution in [0.5, 0.6) is 0 Å². The molecule has 3 aromatic rings. The zero-order valence-corrected chi connectivity index (χ0v) is 20.9. The van der Waals surface area contributed by atoms with Gasteiger partial charge in [-0.1, -0.05) is 66.7 Å². The van der Waals surface area contributed by atoms with E-state index < -0.39 is 18.0 Å². The Hall–Kier alpha value is -4.17. The molecule has 2 aliphatic rings. The minimum absolute atomic E-state index is 0.0934. The third-order valence-corrected chi connectivity index (χ3v) is 7.32.